The van der Waals surface area contributed by atoms with Gasteiger partial charge in [-0.2, -0.15) is 0 Å². The Hall–Kier alpha value is -4.09. The Bertz CT molecular complexity index is 1560. The van der Waals surface area contributed by atoms with E-state index in [9.17, 15) is 8.42 Å². The highest BCUT2D eigenvalue weighted by atomic mass is 32.2. The number of anilines is 2. The van der Waals surface area contributed by atoms with E-state index in [1.54, 1.807) is 67.1 Å². The topological polar surface area (TPSA) is 132 Å². The van der Waals surface area contributed by atoms with E-state index in [4.69, 9.17) is 10.5 Å². The number of sulfonamides is 1. The molecule has 0 bridgehead atoms. The number of ether oxygens (including phenoxy) is 1. The van der Waals surface area contributed by atoms with Crippen LogP contribution in [0.4, 0.5) is 16.0 Å². The zero-order valence-corrected chi connectivity index (χ0v) is 22.2. The molecule has 1 fully saturated rings. The first-order valence-corrected chi connectivity index (χ1v) is 14.5. The highest BCUT2D eigenvalue weighted by Gasteiger charge is 2.20. The second-order valence-corrected chi connectivity index (χ2v) is 11.3. The number of pyridine rings is 1. The Morgan fingerprint density at radius 1 is 0.949 bits per heavy atom. The summed E-state index contributed by atoms with van der Waals surface area (Å²) in [4.78, 5) is 13.2. The first-order chi connectivity index (χ1) is 18.7. The summed E-state index contributed by atoms with van der Waals surface area (Å²) >= 11 is 0. The number of halogens is 1. The lowest BCUT2D eigenvalue weighted by atomic mass is 9.92. The summed E-state index contributed by atoms with van der Waals surface area (Å²) < 4.78 is 46.3. The molecule has 4 N–H and O–H groups in total. The Balaban J connectivity index is 1.33. The molecular formula is C28H29FN6O3S. The SMILES string of the molecule is CS(=O)(=O)Nc1ccc(-c2ccc(Oc3ccncc3-c3ccnc(NC4CCC(N)CC4)n3)c(F)c2)cc1. The van der Waals surface area contributed by atoms with Crippen molar-refractivity contribution in [2.24, 2.45) is 5.73 Å². The van der Waals surface area contributed by atoms with Crippen molar-refractivity contribution in [1.29, 1.82) is 0 Å². The van der Waals surface area contributed by atoms with Crippen LogP contribution in [0.2, 0.25) is 0 Å². The molecule has 9 nitrogen and oxygen atoms in total. The molecule has 5 rings (SSSR count). The largest absolute Gasteiger partial charge is 0.453 e. The van der Waals surface area contributed by atoms with Gasteiger partial charge in [0.25, 0.3) is 0 Å². The van der Waals surface area contributed by atoms with Crippen molar-refractivity contribution < 1.29 is 17.5 Å². The highest BCUT2D eigenvalue weighted by molar-refractivity contribution is 7.92. The number of hydrogen-bond donors (Lipinski definition) is 3. The standard InChI is InChI=1S/C28H29FN6O3S/c1-39(36,37)35-22-7-2-18(3-8-22)19-4-11-27(24(29)16-19)38-26-13-14-31-17-23(26)25-12-15-32-28(34-25)33-21-9-5-20(30)6-10-21/h2-4,7-8,11-17,20-21,35H,5-6,9-10,30H2,1H3,(H,32,33,34). The average Bonchev–Trinajstić information content (AvgIpc) is 2.91. The molecule has 0 radical (unpaired) electrons. The van der Waals surface area contributed by atoms with Crippen molar-refractivity contribution in [2.75, 3.05) is 16.3 Å². The monoisotopic (exact) mass is 548 g/mol. The van der Waals surface area contributed by atoms with Gasteiger partial charge in [-0.05, 0) is 73.2 Å². The molecule has 39 heavy (non-hydrogen) atoms. The fourth-order valence-corrected chi connectivity index (χ4v) is 5.08. The van der Waals surface area contributed by atoms with Gasteiger partial charge in [0.2, 0.25) is 16.0 Å². The van der Waals surface area contributed by atoms with Crippen LogP contribution in [0.3, 0.4) is 0 Å². The van der Waals surface area contributed by atoms with Crippen molar-refractivity contribution in [3.8, 4) is 33.9 Å². The zero-order chi connectivity index (χ0) is 27.4. The molecule has 4 aromatic rings. The predicted octanol–water partition coefficient (Wildman–Crippen LogP) is 5.19. The Labute approximate surface area is 226 Å². The molecule has 0 amide bonds. The number of aromatic nitrogens is 3. The first kappa shape index (κ1) is 26.5. The van der Waals surface area contributed by atoms with Gasteiger partial charge in [0.05, 0.1) is 17.5 Å². The van der Waals surface area contributed by atoms with E-state index in [1.165, 1.54) is 6.07 Å². The van der Waals surface area contributed by atoms with Crippen molar-refractivity contribution in [3.05, 3.63) is 79.0 Å². The number of benzene rings is 2. The van der Waals surface area contributed by atoms with E-state index in [0.717, 1.165) is 37.5 Å². The van der Waals surface area contributed by atoms with Crippen LogP contribution in [0.5, 0.6) is 11.5 Å². The van der Waals surface area contributed by atoms with Crippen molar-refractivity contribution in [1.82, 2.24) is 15.0 Å². The molecule has 0 spiro atoms. The van der Waals surface area contributed by atoms with Crippen molar-refractivity contribution in [3.63, 3.8) is 0 Å². The van der Waals surface area contributed by atoms with Crippen LogP contribution in [0.15, 0.2) is 73.2 Å². The average molecular weight is 549 g/mol. The Morgan fingerprint density at radius 2 is 1.69 bits per heavy atom. The molecule has 1 aliphatic rings. The third kappa shape index (κ3) is 6.87. The van der Waals surface area contributed by atoms with Gasteiger partial charge in [-0.25, -0.2) is 22.8 Å². The number of nitrogens with zero attached hydrogens (tertiary/aromatic N) is 3. The van der Waals surface area contributed by atoms with Gasteiger partial charge in [-0.1, -0.05) is 18.2 Å². The molecule has 11 heteroatoms. The molecule has 0 unspecified atom stereocenters. The van der Waals surface area contributed by atoms with Gasteiger partial charge in [0, 0.05) is 36.4 Å². The molecule has 1 saturated carbocycles. The van der Waals surface area contributed by atoms with Gasteiger partial charge in [0.1, 0.15) is 5.75 Å². The maximum Gasteiger partial charge on any atom is 0.229 e. The minimum Gasteiger partial charge on any atom is -0.453 e. The maximum atomic E-state index is 15.1. The Morgan fingerprint density at radius 3 is 2.41 bits per heavy atom. The van der Waals surface area contributed by atoms with Gasteiger partial charge in [-0.15, -0.1) is 0 Å². The number of nitrogens with one attached hydrogen (secondary N) is 2. The molecule has 202 valence electrons. The quantitative estimate of drug-likeness (QED) is 0.274. The normalized spacial score (nSPS) is 17.4. The maximum absolute atomic E-state index is 15.1. The van der Waals surface area contributed by atoms with Gasteiger partial charge in [-0.3, -0.25) is 9.71 Å². The van der Waals surface area contributed by atoms with Crippen LogP contribution >= 0.6 is 0 Å². The van der Waals surface area contributed by atoms with E-state index in [0.29, 0.717) is 34.2 Å². The molecule has 2 aromatic carbocycles. The molecular weight excluding hydrogens is 519 g/mol. The van der Waals surface area contributed by atoms with Crippen LogP contribution in [-0.2, 0) is 10.0 Å². The van der Waals surface area contributed by atoms with Gasteiger partial charge < -0.3 is 15.8 Å². The van der Waals surface area contributed by atoms with Crippen LogP contribution in [0.1, 0.15) is 25.7 Å². The highest BCUT2D eigenvalue weighted by Crippen LogP contribution is 2.35. The van der Waals surface area contributed by atoms with Crippen molar-refractivity contribution >= 4 is 21.7 Å². The summed E-state index contributed by atoms with van der Waals surface area (Å²) in [5.74, 6) is 0.416. The summed E-state index contributed by atoms with van der Waals surface area (Å²) in [6, 6.07) is 15.3. The number of nitrogens with two attached hydrogens (primary N) is 1. The Kier molecular flexibility index (Phi) is 7.71. The van der Waals surface area contributed by atoms with E-state index < -0.39 is 15.8 Å². The third-order valence-corrected chi connectivity index (χ3v) is 7.10. The summed E-state index contributed by atoms with van der Waals surface area (Å²) in [6.45, 7) is 0. The third-order valence-electron chi connectivity index (χ3n) is 6.49. The lowest BCUT2D eigenvalue weighted by Gasteiger charge is -2.26. The first-order valence-electron chi connectivity index (χ1n) is 12.6. The summed E-state index contributed by atoms with van der Waals surface area (Å²) in [7, 11) is -3.38. The smallest absolute Gasteiger partial charge is 0.229 e. The molecule has 0 atom stereocenters. The van der Waals surface area contributed by atoms with Crippen LogP contribution in [0.25, 0.3) is 22.4 Å². The van der Waals surface area contributed by atoms with Gasteiger partial charge >= 0.3 is 0 Å². The van der Waals surface area contributed by atoms with Crippen molar-refractivity contribution in [2.45, 2.75) is 37.8 Å². The molecule has 2 aromatic heterocycles. The summed E-state index contributed by atoms with van der Waals surface area (Å²) in [5.41, 5.74) is 8.99. The van der Waals surface area contributed by atoms with Crippen LogP contribution < -0.4 is 20.5 Å². The van der Waals surface area contributed by atoms with Gasteiger partial charge in [0.15, 0.2) is 11.6 Å². The van der Waals surface area contributed by atoms with Crippen LogP contribution in [-0.4, -0.2) is 41.7 Å². The molecule has 1 aliphatic carbocycles. The summed E-state index contributed by atoms with van der Waals surface area (Å²) in [6.07, 6.45) is 9.81. The van der Waals surface area contributed by atoms with E-state index in [-0.39, 0.29) is 17.8 Å². The number of hydrogen-bond acceptors (Lipinski definition) is 8. The number of rotatable bonds is 8. The molecule has 2 heterocycles. The lowest BCUT2D eigenvalue weighted by Crippen LogP contribution is -2.33. The zero-order valence-electron chi connectivity index (χ0n) is 21.3. The second kappa shape index (κ2) is 11.3. The minimum atomic E-state index is -3.38. The van der Waals surface area contributed by atoms with Crippen LogP contribution in [0, 0.1) is 5.82 Å². The fourth-order valence-electron chi connectivity index (χ4n) is 4.51. The predicted molar refractivity (Wildman–Crippen MR) is 149 cm³/mol. The molecule has 0 aliphatic heterocycles. The van der Waals surface area contributed by atoms with E-state index in [1.807, 2.05) is 0 Å². The van der Waals surface area contributed by atoms with E-state index in [2.05, 4.69) is 25.0 Å². The lowest BCUT2D eigenvalue weighted by molar-refractivity contribution is 0.410. The fraction of sp³-hybridized carbons (Fsp3) is 0.250. The minimum absolute atomic E-state index is 0.0486. The summed E-state index contributed by atoms with van der Waals surface area (Å²) in [5, 5.41) is 3.39. The second-order valence-electron chi connectivity index (χ2n) is 9.59. The molecule has 0 saturated heterocycles. The van der Waals surface area contributed by atoms with E-state index >= 15 is 4.39 Å².